The van der Waals surface area contributed by atoms with Crippen molar-refractivity contribution < 1.29 is 19.0 Å². The van der Waals surface area contributed by atoms with E-state index in [2.05, 4.69) is 5.32 Å². The van der Waals surface area contributed by atoms with Crippen molar-refractivity contribution in [3.63, 3.8) is 0 Å². The highest BCUT2D eigenvalue weighted by Gasteiger charge is 2.38. The highest BCUT2D eigenvalue weighted by Crippen LogP contribution is 2.24. The lowest BCUT2D eigenvalue weighted by molar-refractivity contribution is -0.0263. The third-order valence-electron chi connectivity index (χ3n) is 3.74. The van der Waals surface area contributed by atoms with E-state index in [4.69, 9.17) is 10.5 Å². The number of carbonyl (C=O) groups excluding carboxylic acids is 1. The second kappa shape index (κ2) is 5.87. The van der Waals surface area contributed by atoms with Crippen molar-refractivity contribution >= 4 is 5.91 Å². The predicted molar refractivity (Wildman–Crippen MR) is 71.6 cm³/mol. The molecule has 110 valence electrons. The summed E-state index contributed by atoms with van der Waals surface area (Å²) in [4.78, 5) is 11.1. The Morgan fingerprint density at radius 3 is 3.00 bits per heavy atom. The Morgan fingerprint density at radius 2 is 2.40 bits per heavy atom. The Morgan fingerprint density at radius 1 is 1.65 bits per heavy atom. The molecule has 0 spiro atoms. The number of nitrogens with two attached hydrogens (primary N) is 1. The maximum atomic E-state index is 13.6. The first-order valence-electron chi connectivity index (χ1n) is 6.55. The standard InChI is InChI=1S/C14H19FN2O3/c1-9-14(19,4-5-20-9)8-17-7-11-6-10(13(16)18)2-3-12(11)15/h2-3,6,9,17,19H,4-5,7-8H2,1H3,(H2,16,18). The van der Waals surface area contributed by atoms with Gasteiger partial charge in [0.15, 0.2) is 0 Å². The monoisotopic (exact) mass is 282 g/mol. The van der Waals surface area contributed by atoms with Crippen LogP contribution in [0.5, 0.6) is 0 Å². The van der Waals surface area contributed by atoms with E-state index in [0.717, 1.165) is 0 Å². The van der Waals surface area contributed by atoms with Gasteiger partial charge in [0, 0.05) is 37.2 Å². The molecule has 0 radical (unpaired) electrons. The molecule has 6 heteroatoms. The first-order chi connectivity index (χ1) is 9.42. The molecule has 1 heterocycles. The van der Waals surface area contributed by atoms with Gasteiger partial charge >= 0.3 is 0 Å². The first-order valence-corrected chi connectivity index (χ1v) is 6.55. The second-order valence-electron chi connectivity index (χ2n) is 5.14. The Balaban J connectivity index is 1.97. The fourth-order valence-electron chi connectivity index (χ4n) is 2.28. The zero-order valence-corrected chi connectivity index (χ0v) is 11.4. The summed E-state index contributed by atoms with van der Waals surface area (Å²) in [5, 5.41) is 13.3. The number of benzene rings is 1. The molecule has 0 aliphatic carbocycles. The van der Waals surface area contributed by atoms with Crippen molar-refractivity contribution in [2.45, 2.75) is 31.6 Å². The molecule has 20 heavy (non-hydrogen) atoms. The van der Waals surface area contributed by atoms with Gasteiger partial charge in [0.05, 0.1) is 6.10 Å². The van der Waals surface area contributed by atoms with Crippen LogP contribution in [-0.4, -0.2) is 35.9 Å². The Hall–Kier alpha value is -1.50. The first kappa shape index (κ1) is 14.9. The average molecular weight is 282 g/mol. The van der Waals surface area contributed by atoms with E-state index in [9.17, 15) is 14.3 Å². The fraction of sp³-hybridized carbons (Fsp3) is 0.500. The van der Waals surface area contributed by atoms with Crippen molar-refractivity contribution in [1.82, 2.24) is 5.32 Å². The molecule has 1 saturated heterocycles. The number of hydrogen-bond acceptors (Lipinski definition) is 4. The number of rotatable bonds is 5. The molecule has 2 unspecified atom stereocenters. The van der Waals surface area contributed by atoms with E-state index >= 15 is 0 Å². The smallest absolute Gasteiger partial charge is 0.248 e. The van der Waals surface area contributed by atoms with Crippen LogP contribution in [0.25, 0.3) is 0 Å². The van der Waals surface area contributed by atoms with E-state index in [-0.39, 0.29) is 18.2 Å². The van der Waals surface area contributed by atoms with Gasteiger partial charge in [-0.25, -0.2) is 4.39 Å². The quantitative estimate of drug-likeness (QED) is 0.736. The summed E-state index contributed by atoms with van der Waals surface area (Å²) in [6.07, 6.45) is 0.294. The average Bonchev–Trinajstić information content (AvgIpc) is 2.72. The molecule has 4 N–H and O–H groups in total. The third kappa shape index (κ3) is 3.15. The number of amides is 1. The van der Waals surface area contributed by atoms with Gasteiger partial charge in [-0.1, -0.05) is 0 Å². The van der Waals surface area contributed by atoms with Crippen molar-refractivity contribution in [2.24, 2.45) is 5.73 Å². The SMILES string of the molecule is CC1OCCC1(O)CNCc1cc(C(N)=O)ccc1F. The highest BCUT2D eigenvalue weighted by molar-refractivity contribution is 5.92. The van der Waals surface area contributed by atoms with Gasteiger partial charge in [0.2, 0.25) is 5.91 Å². The number of primary amides is 1. The molecule has 1 aliphatic rings. The van der Waals surface area contributed by atoms with Crippen LogP contribution >= 0.6 is 0 Å². The molecule has 2 atom stereocenters. The van der Waals surface area contributed by atoms with Gasteiger partial charge in [-0.3, -0.25) is 4.79 Å². The van der Waals surface area contributed by atoms with E-state index in [1.165, 1.54) is 18.2 Å². The summed E-state index contributed by atoms with van der Waals surface area (Å²) in [5.74, 6) is -1.01. The fourth-order valence-corrected chi connectivity index (χ4v) is 2.28. The molecule has 1 aromatic carbocycles. The highest BCUT2D eigenvalue weighted by atomic mass is 19.1. The summed E-state index contributed by atoms with van der Waals surface area (Å²) in [5.41, 5.74) is 4.84. The van der Waals surface area contributed by atoms with Gasteiger partial charge in [-0.05, 0) is 25.1 Å². The summed E-state index contributed by atoms with van der Waals surface area (Å²) in [6.45, 7) is 2.84. The number of aliphatic hydroxyl groups is 1. The topological polar surface area (TPSA) is 84.6 Å². The summed E-state index contributed by atoms with van der Waals surface area (Å²) in [7, 11) is 0. The largest absolute Gasteiger partial charge is 0.386 e. The minimum Gasteiger partial charge on any atom is -0.386 e. The second-order valence-corrected chi connectivity index (χ2v) is 5.14. The van der Waals surface area contributed by atoms with E-state index in [1.807, 2.05) is 6.92 Å². The van der Waals surface area contributed by atoms with Gasteiger partial charge in [-0.15, -0.1) is 0 Å². The van der Waals surface area contributed by atoms with Gasteiger partial charge < -0.3 is 20.9 Å². The van der Waals surface area contributed by atoms with Crippen LogP contribution in [0.3, 0.4) is 0 Å². The van der Waals surface area contributed by atoms with Gasteiger partial charge in [0.25, 0.3) is 0 Å². The van der Waals surface area contributed by atoms with Crippen molar-refractivity contribution in [3.8, 4) is 0 Å². The molecule has 0 aromatic heterocycles. The lowest BCUT2D eigenvalue weighted by atomic mass is 9.96. The van der Waals surface area contributed by atoms with E-state index in [0.29, 0.717) is 25.1 Å². The third-order valence-corrected chi connectivity index (χ3v) is 3.74. The van der Waals surface area contributed by atoms with Crippen LogP contribution in [0.2, 0.25) is 0 Å². The molecule has 1 aromatic rings. The Kier molecular flexibility index (Phi) is 4.37. The molecular formula is C14H19FN2O3. The van der Waals surface area contributed by atoms with Crippen molar-refractivity contribution in [2.75, 3.05) is 13.2 Å². The summed E-state index contributed by atoms with van der Waals surface area (Å²) < 4.78 is 18.9. The normalized spacial score (nSPS) is 25.9. The van der Waals surface area contributed by atoms with Crippen LogP contribution in [0, 0.1) is 5.82 Å². The molecule has 1 aliphatic heterocycles. The predicted octanol–water partition coefficient (Wildman–Crippen LogP) is 0.554. The summed E-state index contributed by atoms with van der Waals surface area (Å²) >= 11 is 0. The molecule has 0 saturated carbocycles. The molecule has 1 amide bonds. The zero-order valence-electron chi connectivity index (χ0n) is 11.4. The lowest BCUT2D eigenvalue weighted by Crippen LogP contribution is -2.45. The number of ether oxygens (including phenoxy) is 1. The Bertz CT molecular complexity index is 509. The number of nitrogens with one attached hydrogen (secondary N) is 1. The van der Waals surface area contributed by atoms with Crippen molar-refractivity contribution in [3.05, 3.63) is 35.1 Å². The maximum absolute atomic E-state index is 13.6. The van der Waals surface area contributed by atoms with Gasteiger partial charge in [0.1, 0.15) is 11.4 Å². The molecule has 0 bridgehead atoms. The van der Waals surface area contributed by atoms with Crippen molar-refractivity contribution in [1.29, 1.82) is 0 Å². The maximum Gasteiger partial charge on any atom is 0.248 e. The van der Waals surface area contributed by atoms with E-state index in [1.54, 1.807) is 0 Å². The van der Waals surface area contributed by atoms with Crippen LogP contribution in [-0.2, 0) is 11.3 Å². The minimum atomic E-state index is -0.933. The number of hydrogen-bond donors (Lipinski definition) is 3. The molecule has 5 nitrogen and oxygen atoms in total. The molecule has 2 rings (SSSR count). The lowest BCUT2D eigenvalue weighted by Gasteiger charge is -2.26. The van der Waals surface area contributed by atoms with E-state index < -0.39 is 17.3 Å². The van der Waals surface area contributed by atoms with Crippen LogP contribution in [0.15, 0.2) is 18.2 Å². The van der Waals surface area contributed by atoms with Crippen LogP contribution in [0.4, 0.5) is 4.39 Å². The Labute approximate surface area is 116 Å². The molecule has 1 fully saturated rings. The summed E-state index contributed by atoms with van der Waals surface area (Å²) in [6, 6.07) is 3.98. The number of carbonyl (C=O) groups is 1. The van der Waals surface area contributed by atoms with Crippen LogP contribution < -0.4 is 11.1 Å². The zero-order chi connectivity index (χ0) is 14.8. The number of halogens is 1. The van der Waals surface area contributed by atoms with Gasteiger partial charge in [-0.2, -0.15) is 0 Å². The van der Waals surface area contributed by atoms with Crippen LogP contribution in [0.1, 0.15) is 29.3 Å². The molecular weight excluding hydrogens is 263 g/mol. The minimum absolute atomic E-state index is 0.210.